The maximum atomic E-state index is 12.7. The van der Waals surface area contributed by atoms with E-state index < -0.39 is 11.9 Å². The Hall–Kier alpha value is -2.44. The lowest BCUT2D eigenvalue weighted by Gasteiger charge is -2.30. The molecular weight excluding hydrogens is 344 g/mol. The number of morpholine rings is 1. The van der Waals surface area contributed by atoms with Crippen LogP contribution in [0.3, 0.4) is 0 Å². The minimum atomic E-state index is -0.792. The first-order valence-corrected chi connectivity index (χ1v) is 9.42. The van der Waals surface area contributed by atoms with Crippen LogP contribution in [-0.2, 0) is 25.6 Å². The van der Waals surface area contributed by atoms with Crippen LogP contribution in [0.25, 0.3) is 10.8 Å². The molecule has 0 radical (unpaired) electrons. The van der Waals surface area contributed by atoms with Crippen LogP contribution in [0.1, 0.15) is 12.5 Å². The van der Waals surface area contributed by atoms with Crippen LogP contribution in [0.2, 0.25) is 0 Å². The zero-order valence-corrected chi connectivity index (χ0v) is 15.7. The average Bonchev–Trinajstić information content (AvgIpc) is 2.71. The van der Waals surface area contributed by atoms with Crippen molar-refractivity contribution in [1.29, 1.82) is 0 Å². The van der Waals surface area contributed by atoms with Gasteiger partial charge < -0.3 is 14.4 Å². The molecule has 1 heterocycles. The highest BCUT2D eigenvalue weighted by atomic mass is 16.5. The van der Waals surface area contributed by atoms with Gasteiger partial charge in [-0.2, -0.15) is 0 Å². The number of benzene rings is 2. The molecule has 1 aliphatic rings. The van der Waals surface area contributed by atoms with Crippen LogP contribution >= 0.6 is 0 Å². The predicted molar refractivity (Wildman–Crippen MR) is 103 cm³/mol. The summed E-state index contributed by atoms with van der Waals surface area (Å²) in [5.74, 6) is -1.38. The van der Waals surface area contributed by atoms with Crippen LogP contribution in [-0.4, -0.2) is 67.7 Å². The largest absolute Gasteiger partial charge is 0.459 e. The molecule has 1 saturated heterocycles. The summed E-state index contributed by atoms with van der Waals surface area (Å²) in [4.78, 5) is 28.5. The van der Waals surface area contributed by atoms with Gasteiger partial charge in [-0.1, -0.05) is 42.5 Å². The maximum absolute atomic E-state index is 12.7. The van der Waals surface area contributed by atoms with E-state index in [2.05, 4.69) is 4.90 Å². The molecule has 144 valence electrons. The summed E-state index contributed by atoms with van der Waals surface area (Å²) in [7, 11) is 0. The van der Waals surface area contributed by atoms with Crippen molar-refractivity contribution in [3.05, 3.63) is 48.0 Å². The van der Waals surface area contributed by atoms with Crippen molar-refractivity contribution >= 4 is 22.6 Å². The number of ether oxygens (including phenoxy) is 2. The van der Waals surface area contributed by atoms with Crippen molar-refractivity contribution < 1.29 is 19.1 Å². The topological polar surface area (TPSA) is 59.1 Å². The number of carbonyl (C=O) groups is 2. The van der Waals surface area contributed by atoms with E-state index in [1.165, 1.54) is 0 Å². The third-order valence-electron chi connectivity index (χ3n) is 4.77. The van der Waals surface area contributed by atoms with Crippen molar-refractivity contribution in [3.63, 3.8) is 0 Å². The van der Waals surface area contributed by atoms with Crippen molar-refractivity contribution in [3.8, 4) is 0 Å². The molecule has 6 nitrogen and oxygen atoms in total. The predicted octanol–water partition coefficient (Wildman–Crippen LogP) is 2.06. The Labute approximate surface area is 159 Å². The summed E-state index contributed by atoms with van der Waals surface area (Å²) in [5, 5.41) is 2.21. The summed E-state index contributed by atoms with van der Waals surface area (Å²) >= 11 is 0. The second-order valence-electron chi connectivity index (χ2n) is 6.54. The molecule has 0 atom stereocenters. The first-order chi connectivity index (χ1) is 13.2. The third-order valence-corrected chi connectivity index (χ3v) is 4.77. The van der Waals surface area contributed by atoms with Gasteiger partial charge in [0.05, 0.1) is 19.8 Å². The van der Waals surface area contributed by atoms with Gasteiger partial charge in [0.1, 0.15) is 0 Å². The normalized spacial score (nSPS) is 14.9. The molecule has 0 aliphatic carbocycles. The monoisotopic (exact) mass is 370 g/mol. The lowest BCUT2D eigenvalue weighted by molar-refractivity contribution is -0.160. The first kappa shape index (κ1) is 19.3. The fourth-order valence-electron chi connectivity index (χ4n) is 3.30. The second kappa shape index (κ2) is 9.48. The molecule has 3 rings (SSSR count). The molecule has 0 N–H and O–H groups in total. The molecule has 2 aromatic carbocycles. The molecular formula is C21H26N2O4. The van der Waals surface area contributed by atoms with Gasteiger partial charge in [0.15, 0.2) is 0 Å². The van der Waals surface area contributed by atoms with Gasteiger partial charge in [-0.15, -0.1) is 0 Å². The fourth-order valence-corrected chi connectivity index (χ4v) is 3.30. The number of hydrogen-bond acceptors (Lipinski definition) is 5. The lowest BCUT2D eigenvalue weighted by atomic mass is 10.0. The Morgan fingerprint density at radius 2 is 1.85 bits per heavy atom. The minimum Gasteiger partial charge on any atom is -0.459 e. The average molecular weight is 370 g/mol. The Morgan fingerprint density at radius 1 is 1.11 bits per heavy atom. The van der Waals surface area contributed by atoms with Gasteiger partial charge in [-0.3, -0.25) is 9.69 Å². The first-order valence-electron chi connectivity index (χ1n) is 9.42. The highest BCUT2D eigenvalue weighted by molar-refractivity contribution is 6.32. The van der Waals surface area contributed by atoms with E-state index in [1.54, 1.807) is 11.8 Å². The summed E-state index contributed by atoms with van der Waals surface area (Å²) in [6.07, 6.45) is 0. The minimum absolute atomic E-state index is 0.191. The smallest absolute Gasteiger partial charge is 0.397 e. The van der Waals surface area contributed by atoms with Gasteiger partial charge >= 0.3 is 11.9 Å². The Kier molecular flexibility index (Phi) is 6.79. The van der Waals surface area contributed by atoms with E-state index in [9.17, 15) is 9.59 Å². The molecule has 27 heavy (non-hydrogen) atoms. The van der Waals surface area contributed by atoms with Crippen molar-refractivity contribution in [1.82, 2.24) is 9.80 Å². The zero-order chi connectivity index (χ0) is 19.1. The second-order valence-corrected chi connectivity index (χ2v) is 6.54. The van der Waals surface area contributed by atoms with Gasteiger partial charge in [0.25, 0.3) is 0 Å². The molecule has 0 spiro atoms. The van der Waals surface area contributed by atoms with Gasteiger partial charge in [0.2, 0.25) is 0 Å². The van der Waals surface area contributed by atoms with Crippen LogP contribution in [0.15, 0.2) is 42.5 Å². The number of fused-ring (bicyclic) bond motifs is 1. The Balaban J connectivity index is 1.77. The fraction of sp³-hybridized carbons (Fsp3) is 0.429. The molecule has 2 aromatic rings. The summed E-state index contributed by atoms with van der Waals surface area (Å²) in [5.41, 5.74) is 1.02. The summed E-state index contributed by atoms with van der Waals surface area (Å²) in [6, 6.07) is 14.1. The molecule has 1 fully saturated rings. The Morgan fingerprint density at radius 3 is 2.63 bits per heavy atom. The van der Waals surface area contributed by atoms with Crippen molar-refractivity contribution in [2.75, 3.05) is 46.0 Å². The van der Waals surface area contributed by atoms with E-state index in [1.807, 2.05) is 42.5 Å². The molecule has 0 saturated carbocycles. The summed E-state index contributed by atoms with van der Waals surface area (Å²) in [6.45, 7) is 6.54. The number of hydrogen-bond donors (Lipinski definition) is 0. The van der Waals surface area contributed by atoms with E-state index in [-0.39, 0.29) is 6.61 Å². The SMILES string of the molecule is CCOC(=O)C(=O)N(CCN1CCOCC1)Cc1cccc2ccccc12. The number of amides is 1. The van der Waals surface area contributed by atoms with Gasteiger partial charge in [0, 0.05) is 32.7 Å². The number of carbonyl (C=O) groups excluding carboxylic acids is 2. The van der Waals surface area contributed by atoms with Crippen LogP contribution in [0.5, 0.6) is 0 Å². The number of esters is 1. The van der Waals surface area contributed by atoms with Crippen LogP contribution in [0, 0.1) is 0 Å². The molecule has 6 heteroatoms. The molecule has 0 bridgehead atoms. The molecule has 1 aliphatic heterocycles. The van der Waals surface area contributed by atoms with E-state index >= 15 is 0 Å². The molecule has 0 aromatic heterocycles. The van der Waals surface area contributed by atoms with Crippen molar-refractivity contribution in [2.24, 2.45) is 0 Å². The van der Waals surface area contributed by atoms with E-state index in [0.29, 0.717) is 32.8 Å². The summed E-state index contributed by atoms with van der Waals surface area (Å²) < 4.78 is 10.3. The standard InChI is InChI=1S/C21H26N2O4/c1-2-27-21(25)20(24)23(11-10-22-12-14-26-15-13-22)16-18-8-5-7-17-6-3-4-9-19(17)18/h3-9H,2,10-16H2,1H3. The number of rotatable bonds is 6. The van der Waals surface area contributed by atoms with Gasteiger partial charge in [-0.05, 0) is 23.3 Å². The highest BCUT2D eigenvalue weighted by Crippen LogP contribution is 2.20. The molecule has 1 amide bonds. The zero-order valence-electron chi connectivity index (χ0n) is 15.7. The third kappa shape index (κ3) is 5.05. The van der Waals surface area contributed by atoms with Crippen molar-refractivity contribution in [2.45, 2.75) is 13.5 Å². The highest BCUT2D eigenvalue weighted by Gasteiger charge is 2.24. The Bertz CT molecular complexity index is 781. The van der Waals surface area contributed by atoms with Crippen LogP contribution < -0.4 is 0 Å². The van der Waals surface area contributed by atoms with E-state index in [0.717, 1.165) is 29.4 Å². The quantitative estimate of drug-likeness (QED) is 0.575. The van der Waals surface area contributed by atoms with Crippen LogP contribution in [0.4, 0.5) is 0 Å². The maximum Gasteiger partial charge on any atom is 0.397 e. The van der Waals surface area contributed by atoms with E-state index in [4.69, 9.17) is 9.47 Å². The number of nitrogens with zero attached hydrogens (tertiary/aromatic N) is 2. The lowest BCUT2D eigenvalue weighted by Crippen LogP contribution is -2.44. The van der Waals surface area contributed by atoms with Gasteiger partial charge in [-0.25, -0.2) is 4.79 Å². The molecule has 0 unspecified atom stereocenters.